The van der Waals surface area contributed by atoms with Crippen molar-refractivity contribution in [2.45, 2.75) is 16.9 Å². The number of fused-ring (bicyclic) bond motifs is 1. The minimum absolute atomic E-state index is 0.0895. The summed E-state index contributed by atoms with van der Waals surface area (Å²) in [5, 5.41) is 24.3. The summed E-state index contributed by atoms with van der Waals surface area (Å²) in [6.45, 7) is 2.00. The molecule has 0 aliphatic heterocycles. The third-order valence-corrected chi connectivity index (χ3v) is 7.01. The number of nitriles is 1. The van der Waals surface area contributed by atoms with E-state index >= 15 is 0 Å². The van der Waals surface area contributed by atoms with E-state index in [1.165, 1.54) is 29.2 Å². The first-order valence-corrected chi connectivity index (χ1v) is 12.3. The van der Waals surface area contributed by atoms with Gasteiger partial charge in [-0.2, -0.15) is 5.26 Å². The van der Waals surface area contributed by atoms with Crippen molar-refractivity contribution in [1.29, 1.82) is 5.26 Å². The van der Waals surface area contributed by atoms with Crippen LogP contribution < -0.4 is 5.32 Å². The summed E-state index contributed by atoms with van der Waals surface area (Å²) < 4.78 is 5.87. The number of hydrogen-bond acceptors (Lipinski definition) is 7. The number of amides is 1. The van der Waals surface area contributed by atoms with Crippen molar-refractivity contribution >= 4 is 51.0 Å². The molecule has 5 rings (SSSR count). The lowest BCUT2D eigenvalue weighted by Gasteiger charge is -2.04. The maximum absolute atomic E-state index is 12.7. The Morgan fingerprint density at radius 2 is 1.89 bits per heavy atom. The fourth-order valence-electron chi connectivity index (χ4n) is 3.48. The number of carbonyl (C=O) groups excluding carboxylic acids is 1. The van der Waals surface area contributed by atoms with Gasteiger partial charge in [0, 0.05) is 16.5 Å². The van der Waals surface area contributed by atoms with Crippen LogP contribution in [0.3, 0.4) is 0 Å². The molecule has 35 heavy (non-hydrogen) atoms. The van der Waals surface area contributed by atoms with Gasteiger partial charge in [0.2, 0.25) is 5.13 Å². The summed E-state index contributed by atoms with van der Waals surface area (Å²) in [7, 11) is 0. The Morgan fingerprint density at radius 3 is 2.74 bits per heavy atom. The van der Waals surface area contributed by atoms with Crippen LogP contribution in [-0.2, 0) is 4.79 Å². The number of nitrogens with one attached hydrogen (secondary N) is 1. The largest absolute Gasteiger partial charge is 0.450 e. The van der Waals surface area contributed by atoms with E-state index in [0.717, 1.165) is 26.8 Å². The molecule has 1 amide bonds. The van der Waals surface area contributed by atoms with Crippen molar-refractivity contribution in [1.82, 2.24) is 10.2 Å². The lowest BCUT2D eigenvalue weighted by atomic mass is 10.1. The third-order valence-electron chi connectivity index (χ3n) is 5.12. The van der Waals surface area contributed by atoms with Crippen LogP contribution in [-0.4, -0.2) is 16.1 Å². The molecule has 0 saturated carbocycles. The topological polar surface area (TPSA) is 91.8 Å². The second kappa shape index (κ2) is 9.97. The molecule has 8 heteroatoms. The Labute approximate surface area is 209 Å². The monoisotopic (exact) mass is 494 g/mol. The molecular formula is C27H18N4O2S2. The van der Waals surface area contributed by atoms with Gasteiger partial charge in [-0.25, -0.2) is 0 Å². The average Bonchev–Trinajstić information content (AvgIpc) is 3.52. The maximum Gasteiger partial charge on any atom is 0.268 e. The van der Waals surface area contributed by atoms with E-state index in [4.69, 9.17) is 4.42 Å². The number of furan rings is 1. The quantitative estimate of drug-likeness (QED) is 0.203. The number of aromatic nitrogens is 2. The van der Waals surface area contributed by atoms with Gasteiger partial charge in [-0.1, -0.05) is 83.3 Å². The number of aryl methyl sites for hydroxylation is 1. The van der Waals surface area contributed by atoms with E-state index < -0.39 is 5.91 Å². The van der Waals surface area contributed by atoms with Gasteiger partial charge in [0.05, 0.1) is 0 Å². The lowest BCUT2D eigenvalue weighted by Crippen LogP contribution is -2.13. The van der Waals surface area contributed by atoms with Gasteiger partial charge in [0.1, 0.15) is 22.4 Å². The maximum atomic E-state index is 12.7. The van der Waals surface area contributed by atoms with Gasteiger partial charge in [-0.05, 0) is 42.0 Å². The van der Waals surface area contributed by atoms with Gasteiger partial charge in [-0.3, -0.25) is 10.1 Å². The van der Waals surface area contributed by atoms with Crippen LogP contribution in [0.2, 0.25) is 0 Å². The SMILES string of the molecule is Cc1cccc(-c2nnc(NC(=O)C(C#N)=Cc3ccc(Sc4cccc5ccccc45)o3)s2)c1. The summed E-state index contributed by atoms with van der Waals surface area (Å²) in [6.07, 6.45) is 1.42. The minimum Gasteiger partial charge on any atom is -0.450 e. The predicted octanol–water partition coefficient (Wildman–Crippen LogP) is 6.96. The third kappa shape index (κ3) is 5.17. The number of rotatable bonds is 6. The Bertz CT molecular complexity index is 1610. The smallest absolute Gasteiger partial charge is 0.268 e. The van der Waals surface area contributed by atoms with Crippen molar-refractivity contribution in [2.24, 2.45) is 0 Å². The number of nitrogens with zero attached hydrogens (tertiary/aromatic N) is 3. The zero-order valence-electron chi connectivity index (χ0n) is 18.6. The second-order valence-electron chi connectivity index (χ2n) is 7.64. The van der Waals surface area contributed by atoms with Crippen LogP contribution in [0.15, 0.2) is 98.8 Å². The fourth-order valence-corrected chi connectivity index (χ4v) is 5.15. The number of anilines is 1. The fraction of sp³-hybridized carbons (Fsp3) is 0.0370. The van der Waals surface area contributed by atoms with E-state index in [-0.39, 0.29) is 5.57 Å². The van der Waals surface area contributed by atoms with Crippen molar-refractivity contribution in [3.8, 4) is 16.6 Å². The molecule has 0 spiro atoms. The van der Waals surface area contributed by atoms with Crippen LogP contribution in [0.1, 0.15) is 11.3 Å². The standard InChI is InChI=1S/C27H18N4O2S2/c1-17-6-4-9-19(14-17)26-30-31-27(35-26)29-25(32)20(16-28)15-21-12-13-24(33-21)34-23-11-5-8-18-7-2-3-10-22(18)23/h2-15H,1H3,(H,29,31,32). The van der Waals surface area contributed by atoms with E-state index in [9.17, 15) is 10.1 Å². The first kappa shape index (κ1) is 22.6. The Hall–Kier alpha value is -4.19. The zero-order chi connectivity index (χ0) is 24.2. The first-order valence-electron chi connectivity index (χ1n) is 10.7. The highest BCUT2D eigenvalue weighted by atomic mass is 32.2. The van der Waals surface area contributed by atoms with E-state index in [0.29, 0.717) is 21.0 Å². The highest BCUT2D eigenvalue weighted by Crippen LogP contribution is 2.35. The molecule has 0 saturated heterocycles. The number of hydrogen-bond donors (Lipinski definition) is 1. The van der Waals surface area contributed by atoms with Crippen LogP contribution in [0, 0.1) is 18.3 Å². The van der Waals surface area contributed by atoms with Crippen LogP contribution >= 0.6 is 23.1 Å². The van der Waals surface area contributed by atoms with Gasteiger partial charge < -0.3 is 4.42 Å². The normalized spacial score (nSPS) is 11.4. The summed E-state index contributed by atoms with van der Waals surface area (Å²) in [6, 6.07) is 27.6. The van der Waals surface area contributed by atoms with Crippen molar-refractivity contribution in [2.75, 3.05) is 5.32 Å². The molecule has 0 aliphatic rings. The highest BCUT2D eigenvalue weighted by molar-refractivity contribution is 7.99. The van der Waals surface area contributed by atoms with E-state index in [1.807, 2.05) is 67.6 Å². The lowest BCUT2D eigenvalue weighted by molar-refractivity contribution is -0.112. The van der Waals surface area contributed by atoms with Gasteiger partial charge in [-0.15, -0.1) is 10.2 Å². The molecule has 170 valence electrons. The number of benzene rings is 3. The Balaban J connectivity index is 1.30. The molecule has 1 N–H and O–H groups in total. The van der Waals surface area contributed by atoms with Gasteiger partial charge in [0.25, 0.3) is 5.91 Å². The molecule has 0 radical (unpaired) electrons. The molecule has 0 bridgehead atoms. The summed E-state index contributed by atoms with van der Waals surface area (Å²) in [5.41, 5.74) is 1.94. The highest BCUT2D eigenvalue weighted by Gasteiger charge is 2.15. The van der Waals surface area contributed by atoms with Gasteiger partial charge >= 0.3 is 0 Å². The average molecular weight is 495 g/mol. The van der Waals surface area contributed by atoms with Crippen molar-refractivity contribution in [3.05, 3.63) is 95.8 Å². The zero-order valence-corrected chi connectivity index (χ0v) is 20.2. The molecule has 5 aromatic rings. The molecule has 2 aromatic heterocycles. The van der Waals surface area contributed by atoms with Crippen LogP contribution in [0.4, 0.5) is 5.13 Å². The molecule has 0 atom stereocenters. The predicted molar refractivity (Wildman–Crippen MR) is 139 cm³/mol. The van der Waals surface area contributed by atoms with Crippen molar-refractivity contribution < 1.29 is 9.21 Å². The molecule has 2 heterocycles. The molecular weight excluding hydrogens is 476 g/mol. The Kier molecular flexibility index (Phi) is 6.44. The molecule has 0 fully saturated rings. The molecule has 6 nitrogen and oxygen atoms in total. The molecule has 0 aliphatic carbocycles. The molecule has 0 unspecified atom stereocenters. The summed E-state index contributed by atoms with van der Waals surface area (Å²) in [5.74, 6) is -0.156. The molecule has 3 aromatic carbocycles. The number of carbonyl (C=O) groups is 1. The Morgan fingerprint density at radius 1 is 1.06 bits per heavy atom. The van der Waals surface area contributed by atoms with Gasteiger partial charge in [0.15, 0.2) is 5.09 Å². The van der Waals surface area contributed by atoms with E-state index in [1.54, 1.807) is 6.07 Å². The first-order chi connectivity index (χ1) is 17.1. The summed E-state index contributed by atoms with van der Waals surface area (Å²) >= 11 is 2.74. The second-order valence-corrected chi connectivity index (χ2v) is 9.67. The minimum atomic E-state index is -0.570. The van der Waals surface area contributed by atoms with Crippen LogP contribution in [0.5, 0.6) is 0 Å². The van der Waals surface area contributed by atoms with Crippen LogP contribution in [0.25, 0.3) is 27.4 Å². The van der Waals surface area contributed by atoms with Crippen molar-refractivity contribution in [3.63, 3.8) is 0 Å². The summed E-state index contributed by atoms with van der Waals surface area (Å²) in [4.78, 5) is 13.7. The van der Waals surface area contributed by atoms with E-state index in [2.05, 4.69) is 33.7 Å².